The highest BCUT2D eigenvalue weighted by Crippen LogP contribution is 1.95. The lowest BCUT2D eigenvalue weighted by Crippen LogP contribution is -2.34. The van der Waals surface area contributed by atoms with Crippen LogP contribution in [-0.2, 0) is 19.1 Å². The third-order valence-corrected chi connectivity index (χ3v) is 2.73. The molecule has 2 amide bonds. The molecule has 0 saturated heterocycles. The largest absolute Gasteiger partial charge is 0.472 e. The molecule has 2 aliphatic heterocycles. The van der Waals surface area contributed by atoms with Gasteiger partial charge in [0.25, 0.3) is 11.8 Å². The number of amides is 2. The quantitative estimate of drug-likeness (QED) is 0.576. The van der Waals surface area contributed by atoms with Crippen molar-refractivity contribution in [2.45, 2.75) is 12.8 Å². The Labute approximate surface area is 116 Å². The first kappa shape index (κ1) is 14.3. The lowest BCUT2D eigenvalue weighted by molar-refractivity contribution is -0.117. The van der Waals surface area contributed by atoms with E-state index in [1.54, 1.807) is 0 Å². The number of hydrogen-bond donors (Lipinski definition) is 2. The predicted octanol–water partition coefficient (Wildman–Crippen LogP) is -1.14. The van der Waals surface area contributed by atoms with Gasteiger partial charge in [-0.15, -0.1) is 0 Å². The SMILES string of the molecule is O=C(NCCCCNC(=O)C1=NCCO1)C1=NCCO1. The Morgan fingerprint density at radius 2 is 1.35 bits per heavy atom. The number of nitrogens with one attached hydrogen (secondary N) is 2. The van der Waals surface area contributed by atoms with Gasteiger partial charge in [-0.25, -0.2) is 9.98 Å². The van der Waals surface area contributed by atoms with E-state index in [0.29, 0.717) is 39.4 Å². The highest BCUT2D eigenvalue weighted by Gasteiger charge is 2.17. The summed E-state index contributed by atoms with van der Waals surface area (Å²) in [5, 5.41) is 5.42. The van der Waals surface area contributed by atoms with E-state index < -0.39 is 0 Å². The lowest BCUT2D eigenvalue weighted by Gasteiger charge is -2.06. The van der Waals surface area contributed by atoms with Crippen LogP contribution in [0.1, 0.15) is 12.8 Å². The van der Waals surface area contributed by atoms with Gasteiger partial charge in [0, 0.05) is 13.1 Å². The minimum atomic E-state index is -0.278. The lowest BCUT2D eigenvalue weighted by atomic mass is 10.3. The molecule has 0 aromatic heterocycles. The maximum absolute atomic E-state index is 11.5. The molecular weight excluding hydrogens is 264 g/mol. The molecule has 0 atom stereocenters. The van der Waals surface area contributed by atoms with Gasteiger partial charge in [-0.05, 0) is 12.8 Å². The predicted molar refractivity (Wildman–Crippen MR) is 71.8 cm³/mol. The Hall–Kier alpha value is -2.12. The van der Waals surface area contributed by atoms with Crippen molar-refractivity contribution in [3.05, 3.63) is 0 Å². The van der Waals surface area contributed by atoms with Crippen molar-refractivity contribution in [3.63, 3.8) is 0 Å². The molecule has 0 fully saturated rings. The van der Waals surface area contributed by atoms with E-state index >= 15 is 0 Å². The van der Waals surface area contributed by atoms with Gasteiger partial charge in [0.1, 0.15) is 13.2 Å². The van der Waals surface area contributed by atoms with Gasteiger partial charge >= 0.3 is 11.8 Å². The van der Waals surface area contributed by atoms with Crippen LogP contribution in [0.15, 0.2) is 9.98 Å². The molecule has 0 saturated carbocycles. The monoisotopic (exact) mass is 282 g/mol. The smallest absolute Gasteiger partial charge is 0.306 e. The summed E-state index contributed by atoms with van der Waals surface area (Å²) in [4.78, 5) is 30.8. The van der Waals surface area contributed by atoms with E-state index in [0.717, 1.165) is 12.8 Å². The molecule has 0 unspecified atom stereocenters. The van der Waals surface area contributed by atoms with Crippen LogP contribution >= 0.6 is 0 Å². The fourth-order valence-corrected chi connectivity index (χ4v) is 1.75. The number of ether oxygens (including phenoxy) is 2. The number of carbonyl (C=O) groups excluding carboxylic acids is 2. The molecule has 8 nitrogen and oxygen atoms in total. The average Bonchev–Trinajstić information content (AvgIpc) is 3.14. The molecule has 0 radical (unpaired) electrons. The van der Waals surface area contributed by atoms with E-state index in [1.807, 2.05) is 0 Å². The van der Waals surface area contributed by atoms with Gasteiger partial charge in [-0.1, -0.05) is 0 Å². The van der Waals surface area contributed by atoms with Crippen molar-refractivity contribution >= 4 is 23.6 Å². The summed E-state index contributed by atoms with van der Waals surface area (Å²) >= 11 is 0. The average molecular weight is 282 g/mol. The zero-order valence-electron chi connectivity index (χ0n) is 11.2. The number of carbonyl (C=O) groups is 2. The molecule has 0 aromatic rings. The second-order valence-corrected chi connectivity index (χ2v) is 4.29. The van der Waals surface area contributed by atoms with E-state index in [1.165, 1.54) is 0 Å². The van der Waals surface area contributed by atoms with Crippen molar-refractivity contribution in [1.29, 1.82) is 0 Å². The first-order chi connectivity index (χ1) is 9.77. The topological polar surface area (TPSA) is 101 Å². The van der Waals surface area contributed by atoms with Crippen LogP contribution < -0.4 is 10.6 Å². The third kappa shape index (κ3) is 4.22. The fraction of sp³-hybridized carbons (Fsp3) is 0.667. The summed E-state index contributed by atoms with van der Waals surface area (Å²) < 4.78 is 10.1. The maximum atomic E-state index is 11.5. The summed E-state index contributed by atoms with van der Waals surface area (Å²) in [5.41, 5.74) is 0. The zero-order valence-corrected chi connectivity index (χ0v) is 11.2. The molecule has 0 aromatic carbocycles. The van der Waals surface area contributed by atoms with Gasteiger partial charge in [0.2, 0.25) is 0 Å². The van der Waals surface area contributed by atoms with E-state index in [9.17, 15) is 9.59 Å². The molecule has 2 heterocycles. The minimum Gasteiger partial charge on any atom is -0.472 e. The summed E-state index contributed by atoms with van der Waals surface area (Å²) in [6.07, 6.45) is 1.51. The molecule has 20 heavy (non-hydrogen) atoms. The number of aliphatic imine (C=N–C) groups is 2. The van der Waals surface area contributed by atoms with Gasteiger partial charge < -0.3 is 20.1 Å². The Kier molecular flexibility index (Phi) is 5.33. The molecule has 2 N–H and O–H groups in total. The van der Waals surface area contributed by atoms with Crippen molar-refractivity contribution in [2.75, 3.05) is 39.4 Å². The Morgan fingerprint density at radius 3 is 1.70 bits per heavy atom. The van der Waals surface area contributed by atoms with E-state index in [4.69, 9.17) is 9.47 Å². The molecule has 2 rings (SSSR count). The standard InChI is InChI=1S/C12H18N4O4/c17-9(11-15-5-7-19-11)13-3-1-2-4-14-10(18)12-16-6-8-20-12/h1-8H2,(H,13,17)(H,14,18). The van der Waals surface area contributed by atoms with Crippen LogP contribution in [0.2, 0.25) is 0 Å². The molecule has 8 heteroatoms. The van der Waals surface area contributed by atoms with Crippen molar-refractivity contribution in [1.82, 2.24) is 10.6 Å². The van der Waals surface area contributed by atoms with E-state index in [-0.39, 0.29) is 23.6 Å². The molecule has 0 bridgehead atoms. The Bertz CT molecular complexity index is 393. The molecule has 110 valence electrons. The number of nitrogens with zero attached hydrogens (tertiary/aromatic N) is 2. The molecular formula is C12H18N4O4. The molecule has 0 spiro atoms. The van der Waals surface area contributed by atoms with Gasteiger partial charge in [0.05, 0.1) is 13.1 Å². The summed E-state index contributed by atoms with van der Waals surface area (Å²) in [6.45, 7) is 3.08. The molecule has 2 aliphatic rings. The second kappa shape index (κ2) is 7.46. The van der Waals surface area contributed by atoms with Crippen LogP contribution in [0.4, 0.5) is 0 Å². The van der Waals surface area contributed by atoms with Crippen LogP contribution in [0, 0.1) is 0 Å². The summed E-state index contributed by atoms with van der Waals surface area (Å²) in [6, 6.07) is 0. The first-order valence-electron chi connectivity index (χ1n) is 6.68. The Morgan fingerprint density at radius 1 is 0.900 bits per heavy atom. The second-order valence-electron chi connectivity index (χ2n) is 4.29. The molecule has 0 aliphatic carbocycles. The highest BCUT2D eigenvalue weighted by atomic mass is 16.5. The minimum absolute atomic E-state index is 0.162. The van der Waals surface area contributed by atoms with Crippen molar-refractivity contribution in [2.24, 2.45) is 9.98 Å². The normalized spacial score (nSPS) is 16.8. The van der Waals surface area contributed by atoms with Gasteiger partial charge in [0.15, 0.2) is 0 Å². The van der Waals surface area contributed by atoms with Crippen LogP contribution in [0.5, 0.6) is 0 Å². The van der Waals surface area contributed by atoms with Crippen LogP contribution in [0.25, 0.3) is 0 Å². The maximum Gasteiger partial charge on any atom is 0.306 e. The van der Waals surface area contributed by atoms with Crippen LogP contribution in [-0.4, -0.2) is 63.0 Å². The third-order valence-electron chi connectivity index (χ3n) is 2.73. The number of unbranched alkanes of at least 4 members (excludes halogenated alkanes) is 1. The van der Waals surface area contributed by atoms with Crippen LogP contribution in [0.3, 0.4) is 0 Å². The van der Waals surface area contributed by atoms with Gasteiger partial charge in [-0.3, -0.25) is 9.59 Å². The van der Waals surface area contributed by atoms with Crippen molar-refractivity contribution in [3.8, 4) is 0 Å². The summed E-state index contributed by atoms with van der Waals surface area (Å²) in [7, 11) is 0. The fourth-order valence-electron chi connectivity index (χ4n) is 1.75. The summed E-state index contributed by atoms with van der Waals surface area (Å²) in [5.74, 6) is -0.232. The highest BCUT2D eigenvalue weighted by molar-refractivity contribution is 6.35. The number of rotatable bonds is 7. The first-order valence-corrected chi connectivity index (χ1v) is 6.68. The van der Waals surface area contributed by atoms with Crippen molar-refractivity contribution < 1.29 is 19.1 Å². The Balaban J connectivity index is 1.49. The number of hydrogen-bond acceptors (Lipinski definition) is 6. The zero-order chi connectivity index (χ0) is 14.2. The van der Waals surface area contributed by atoms with E-state index in [2.05, 4.69) is 20.6 Å². The van der Waals surface area contributed by atoms with Gasteiger partial charge in [-0.2, -0.15) is 0 Å².